The summed E-state index contributed by atoms with van der Waals surface area (Å²) in [6, 6.07) is 5.82. The molecule has 0 heterocycles. The SMILES string of the molecule is NCc1cc(Br)ccc1N(CCO)CCO. The molecule has 0 aliphatic carbocycles. The molecule has 0 radical (unpaired) electrons. The van der Waals surface area contributed by atoms with E-state index >= 15 is 0 Å². The average molecular weight is 289 g/mol. The predicted molar refractivity (Wildman–Crippen MR) is 68.4 cm³/mol. The van der Waals surface area contributed by atoms with Crippen molar-refractivity contribution in [2.24, 2.45) is 5.73 Å². The second kappa shape index (κ2) is 6.85. The van der Waals surface area contributed by atoms with E-state index in [4.69, 9.17) is 15.9 Å². The molecular formula is C11H17BrN2O2. The first kappa shape index (κ1) is 13.4. The summed E-state index contributed by atoms with van der Waals surface area (Å²) < 4.78 is 0.977. The quantitative estimate of drug-likeness (QED) is 0.721. The molecule has 90 valence electrons. The van der Waals surface area contributed by atoms with E-state index in [1.54, 1.807) is 0 Å². The van der Waals surface area contributed by atoms with Crippen LogP contribution in [0.3, 0.4) is 0 Å². The Bertz CT molecular complexity index is 328. The average Bonchev–Trinajstić information content (AvgIpc) is 2.28. The molecule has 0 atom stereocenters. The van der Waals surface area contributed by atoms with E-state index in [0.717, 1.165) is 15.7 Å². The molecule has 5 heteroatoms. The van der Waals surface area contributed by atoms with Crippen molar-refractivity contribution in [2.45, 2.75) is 6.54 Å². The fourth-order valence-electron chi connectivity index (χ4n) is 1.62. The van der Waals surface area contributed by atoms with Gasteiger partial charge in [-0.2, -0.15) is 0 Å². The van der Waals surface area contributed by atoms with Crippen LogP contribution in [0.2, 0.25) is 0 Å². The minimum Gasteiger partial charge on any atom is -0.395 e. The summed E-state index contributed by atoms with van der Waals surface area (Å²) in [6.07, 6.45) is 0. The van der Waals surface area contributed by atoms with Gasteiger partial charge in [-0.1, -0.05) is 15.9 Å². The number of nitrogens with two attached hydrogens (primary N) is 1. The molecule has 0 aliphatic rings. The van der Waals surface area contributed by atoms with E-state index in [0.29, 0.717) is 19.6 Å². The molecule has 0 bridgehead atoms. The van der Waals surface area contributed by atoms with Gasteiger partial charge in [0.25, 0.3) is 0 Å². The van der Waals surface area contributed by atoms with Crippen molar-refractivity contribution in [3.63, 3.8) is 0 Å². The van der Waals surface area contributed by atoms with Crippen molar-refractivity contribution in [3.05, 3.63) is 28.2 Å². The molecule has 16 heavy (non-hydrogen) atoms. The highest BCUT2D eigenvalue weighted by atomic mass is 79.9. The summed E-state index contributed by atoms with van der Waals surface area (Å²) in [5.41, 5.74) is 7.64. The third-order valence-corrected chi connectivity index (χ3v) is 2.84. The van der Waals surface area contributed by atoms with Crippen LogP contribution in [0, 0.1) is 0 Å². The van der Waals surface area contributed by atoms with E-state index in [2.05, 4.69) is 15.9 Å². The standard InChI is InChI=1S/C11H17BrN2O2/c12-10-1-2-11(9(7-10)8-13)14(3-5-15)4-6-16/h1-2,7,15-16H,3-6,8,13H2. The number of aliphatic hydroxyl groups is 2. The Morgan fingerprint density at radius 3 is 2.31 bits per heavy atom. The zero-order chi connectivity index (χ0) is 12.0. The Labute approximate surface area is 104 Å². The molecule has 0 spiro atoms. The van der Waals surface area contributed by atoms with E-state index in [-0.39, 0.29) is 13.2 Å². The second-order valence-electron chi connectivity index (χ2n) is 3.41. The highest BCUT2D eigenvalue weighted by molar-refractivity contribution is 9.10. The molecule has 4 N–H and O–H groups in total. The van der Waals surface area contributed by atoms with Crippen LogP contribution in [0.15, 0.2) is 22.7 Å². The van der Waals surface area contributed by atoms with Gasteiger partial charge in [-0.25, -0.2) is 0 Å². The van der Waals surface area contributed by atoms with Crippen LogP contribution in [-0.4, -0.2) is 36.5 Å². The highest BCUT2D eigenvalue weighted by Crippen LogP contribution is 2.24. The molecule has 0 saturated heterocycles. The minimum absolute atomic E-state index is 0.0556. The maximum absolute atomic E-state index is 8.98. The molecule has 4 nitrogen and oxygen atoms in total. The van der Waals surface area contributed by atoms with Gasteiger partial charge in [-0.05, 0) is 23.8 Å². The van der Waals surface area contributed by atoms with Crippen molar-refractivity contribution in [1.29, 1.82) is 0 Å². The molecule has 1 aromatic rings. The first-order chi connectivity index (χ1) is 7.72. The largest absolute Gasteiger partial charge is 0.395 e. The molecule has 1 rings (SSSR count). The van der Waals surface area contributed by atoms with Crippen LogP contribution in [0.25, 0.3) is 0 Å². The summed E-state index contributed by atoms with van der Waals surface area (Å²) >= 11 is 3.39. The van der Waals surface area contributed by atoms with Gasteiger partial charge < -0.3 is 20.8 Å². The number of anilines is 1. The van der Waals surface area contributed by atoms with Gasteiger partial charge in [0.05, 0.1) is 13.2 Å². The smallest absolute Gasteiger partial charge is 0.0606 e. The third-order valence-electron chi connectivity index (χ3n) is 2.34. The maximum Gasteiger partial charge on any atom is 0.0606 e. The maximum atomic E-state index is 8.98. The number of aliphatic hydroxyl groups excluding tert-OH is 2. The summed E-state index contributed by atoms with van der Waals surface area (Å²) in [7, 11) is 0. The number of hydrogen-bond donors (Lipinski definition) is 3. The van der Waals surface area contributed by atoms with Crippen molar-refractivity contribution in [1.82, 2.24) is 0 Å². The van der Waals surface area contributed by atoms with Crippen molar-refractivity contribution in [2.75, 3.05) is 31.2 Å². The highest BCUT2D eigenvalue weighted by Gasteiger charge is 2.09. The van der Waals surface area contributed by atoms with Gasteiger partial charge >= 0.3 is 0 Å². The first-order valence-electron chi connectivity index (χ1n) is 5.18. The van der Waals surface area contributed by atoms with E-state index in [9.17, 15) is 0 Å². The summed E-state index contributed by atoms with van der Waals surface area (Å²) in [4.78, 5) is 1.93. The van der Waals surface area contributed by atoms with E-state index in [1.165, 1.54) is 0 Å². The Kier molecular flexibility index (Phi) is 5.76. The van der Waals surface area contributed by atoms with Crippen LogP contribution in [0.4, 0.5) is 5.69 Å². The fraction of sp³-hybridized carbons (Fsp3) is 0.455. The Balaban J connectivity index is 2.97. The van der Waals surface area contributed by atoms with Crippen LogP contribution in [0.5, 0.6) is 0 Å². The van der Waals surface area contributed by atoms with Crippen LogP contribution < -0.4 is 10.6 Å². The molecule has 0 saturated carbocycles. The van der Waals surface area contributed by atoms with Crippen LogP contribution >= 0.6 is 15.9 Å². The zero-order valence-electron chi connectivity index (χ0n) is 9.06. The van der Waals surface area contributed by atoms with Gasteiger partial charge in [0.2, 0.25) is 0 Å². The van der Waals surface area contributed by atoms with Gasteiger partial charge in [0, 0.05) is 29.8 Å². The fourth-order valence-corrected chi connectivity index (χ4v) is 2.03. The predicted octanol–water partition coefficient (Wildman–Crippen LogP) is 0.699. The van der Waals surface area contributed by atoms with Crippen LogP contribution in [-0.2, 0) is 6.54 Å². The molecule has 1 aromatic carbocycles. The molecule has 0 aromatic heterocycles. The normalized spacial score (nSPS) is 10.5. The number of hydrogen-bond acceptors (Lipinski definition) is 4. The topological polar surface area (TPSA) is 69.7 Å². The van der Waals surface area contributed by atoms with Crippen molar-refractivity contribution in [3.8, 4) is 0 Å². The molecular weight excluding hydrogens is 272 g/mol. The lowest BCUT2D eigenvalue weighted by Crippen LogP contribution is -2.30. The minimum atomic E-state index is 0.0556. The lowest BCUT2D eigenvalue weighted by Gasteiger charge is -2.25. The number of rotatable bonds is 6. The second-order valence-corrected chi connectivity index (χ2v) is 4.33. The molecule has 0 amide bonds. The third kappa shape index (κ3) is 3.45. The summed E-state index contributed by atoms with van der Waals surface area (Å²) in [5.74, 6) is 0. The van der Waals surface area contributed by atoms with Gasteiger partial charge in [0.15, 0.2) is 0 Å². The van der Waals surface area contributed by atoms with E-state index in [1.807, 2.05) is 23.1 Å². The Morgan fingerprint density at radius 1 is 1.19 bits per heavy atom. The van der Waals surface area contributed by atoms with Gasteiger partial charge in [-0.15, -0.1) is 0 Å². The number of nitrogens with zero attached hydrogens (tertiary/aromatic N) is 1. The van der Waals surface area contributed by atoms with Gasteiger partial charge in [0.1, 0.15) is 0 Å². The van der Waals surface area contributed by atoms with Crippen molar-refractivity contribution < 1.29 is 10.2 Å². The molecule has 0 unspecified atom stereocenters. The first-order valence-corrected chi connectivity index (χ1v) is 5.97. The molecule has 0 aliphatic heterocycles. The number of benzene rings is 1. The lowest BCUT2D eigenvalue weighted by atomic mass is 10.1. The van der Waals surface area contributed by atoms with E-state index < -0.39 is 0 Å². The zero-order valence-corrected chi connectivity index (χ0v) is 10.7. The number of halogens is 1. The lowest BCUT2D eigenvalue weighted by molar-refractivity contribution is 0.281. The Morgan fingerprint density at radius 2 is 1.81 bits per heavy atom. The summed E-state index contributed by atoms with van der Waals surface area (Å²) in [5, 5.41) is 18.0. The summed E-state index contributed by atoms with van der Waals surface area (Å²) in [6.45, 7) is 1.53. The Hall–Kier alpha value is -0.620. The van der Waals surface area contributed by atoms with Crippen LogP contribution in [0.1, 0.15) is 5.56 Å². The van der Waals surface area contributed by atoms with Crippen molar-refractivity contribution >= 4 is 21.6 Å². The van der Waals surface area contributed by atoms with Gasteiger partial charge in [-0.3, -0.25) is 0 Å². The monoisotopic (exact) mass is 288 g/mol. The molecule has 0 fully saturated rings.